The topological polar surface area (TPSA) is 3.24 Å². The molecular weight excluding hydrogens is 759 g/mol. The minimum atomic E-state index is -0.436. The van der Waals surface area contributed by atoms with Gasteiger partial charge < -0.3 is 4.90 Å². The fourth-order valence-corrected chi connectivity index (χ4v) is 11.8. The Hall–Kier alpha value is -7.74. The zero-order valence-corrected chi connectivity index (χ0v) is 35.3. The molecule has 0 aromatic heterocycles. The van der Waals surface area contributed by atoms with Crippen molar-refractivity contribution >= 4 is 27.8 Å². The van der Waals surface area contributed by atoms with E-state index in [-0.39, 0.29) is 5.41 Å². The number of fused-ring (bicyclic) bond motifs is 15. The van der Waals surface area contributed by atoms with Crippen LogP contribution < -0.4 is 4.90 Å². The van der Waals surface area contributed by atoms with Crippen LogP contribution in [0.2, 0.25) is 0 Å². The van der Waals surface area contributed by atoms with Gasteiger partial charge in [0.15, 0.2) is 0 Å². The molecule has 0 bridgehead atoms. The van der Waals surface area contributed by atoms with Crippen molar-refractivity contribution in [2.45, 2.75) is 24.7 Å². The van der Waals surface area contributed by atoms with Crippen LogP contribution in [-0.4, -0.2) is 0 Å². The van der Waals surface area contributed by atoms with Crippen molar-refractivity contribution in [1.29, 1.82) is 0 Å². The largest absolute Gasteiger partial charge is 0.310 e. The molecule has 296 valence electrons. The molecule has 10 aromatic carbocycles. The lowest BCUT2D eigenvalue weighted by atomic mass is 9.70. The number of rotatable bonds is 5. The van der Waals surface area contributed by atoms with Crippen molar-refractivity contribution in [1.82, 2.24) is 0 Å². The summed E-state index contributed by atoms with van der Waals surface area (Å²) in [7, 11) is 0. The number of hydrogen-bond donors (Lipinski definition) is 0. The van der Waals surface area contributed by atoms with Crippen LogP contribution in [0.15, 0.2) is 224 Å². The molecule has 0 unspecified atom stereocenters. The van der Waals surface area contributed by atoms with Gasteiger partial charge in [0.05, 0.1) is 5.41 Å². The van der Waals surface area contributed by atoms with Gasteiger partial charge in [0.25, 0.3) is 0 Å². The van der Waals surface area contributed by atoms with E-state index in [4.69, 9.17) is 0 Å². The van der Waals surface area contributed by atoms with Crippen LogP contribution in [-0.2, 0) is 10.8 Å². The summed E-state index contributed by atoms with van der Waals surface area (Å²) in [5, 5.41) is 2.60. The summed E-state index contributed by atoms with van der Waals surface area (Å²) in [6, 6.07) is 83.9. The number of benzene rings is 10. The van der Waals surface area contributed by atoms with Gasteiger partial charge in [0.1, 0.15) is 0 Å². The zero-order chi connectivity index (χ0) is 41.9. The smallest absolute Gasteiger partial charge is 0.0726 e. The van der Waals surface area contributed by atoms with Crippen molar-refractivity contribution < 1.29 is 0 Å². The standard InChI is InChI=1S/C62H43N/c1-61(2)57-38-45(34-36-52(57)59-53(42-19-7-4-8-20-42)37-43-21-9-10-22-47(43)60(59)61)63(44-31-29-41(30-32-44)40-17-5-3-6-18-40)46-33-35-51-50-25-13-16-28-56(50)62(58(51)39-46)54-26-14-11-23-48(54)49-24-12-15-27-55(49)62/h3-39H,1-2H3. The molecule has 0 amide bonds. The maximum atomic E-state index is 2.51. The van der Waals surface area contributed by atoms with E-state index >= 15 is 0 Å². The molecule has 0 aliphatic heterocycles. The van der Waals surface area contributed by atoms with Gasteiger partial charge in [-0.25, -0.2) is 0 Å². The molecule has 0 saturated heterocycles. The van der Waals surface area contributed by atoms with E-state index in [1.165, 1.54) is 99.8 Å². The van der Waals surface area contributed by atoms with Crippen molar-refractivity contribution in [3.05, 3.63) is 258 Å². The van der Waals surface area contributed by atoms with Gasteiger partial charge in [-0.1, -0.05) is 196 Å². The lowest BCUT2D eigenvalue weighted by Gasteiger charge is -2.32. The minimum Gasteiger partial charge on any atom is -0.310 e. The Labute approximate surface area is 369 Å². The number of hydrogen-bond acceptors (Lipinski definition) is 1. The van der Waals surface area contributed by atoms with E-state index in [9.17, 15) is 0 Å². The first-order valence-corrected chi connectivity index (χ1v) is 22.2. The molecule has 1 nitrogen and oxygen atoms in total. The summed E-state index contributed by atoms with van der Waals surface area (Å²) in [6.45, 7) is 4.85. The van der Waals surface area contributed by atoms with Crippen LogP contribution in [0.3, 0.4) is 0 Å². The summed E-state index contributed by atoms with van der Waals surface area (Å²) in [5.74, 6) is 0. The quantitative estimate of drug-likeness (QED) is 0.168. The van der Waals surface area contributed by atoms with Crippen molar-refractivity contribution in [3.8, 4) is 55.6 Å². The SMILES string of the molecule is CC1(C)c2cc(N(c3ccc(-c4ccccc4)cc3)c3ccc4c(c3)C3(c5ccccc5-c5ccccc53)c3ccccc3-4)ccc2-c2c(-c3ccccc3)cc3ccccc3c21. The fraction of sp³-hybridized carbons (Fsp3) is 0.0645. The Bertz CT molecular complexity index is 3400. The highest BCUT2D eigenvalue weighted by molar-refractivity contribution is 6.05. The predicted octanol–water partition coefficient (Wildman–Crippen LogP) is 16.3. The van der Waals surface area contributed by atoms with Crippen LogP contribution >= 0.6 is 0 Å². The molecule has 0 atom stereocenters. The molecule has 0 heterocycles. The van der Waals surface area contributed by atoms with Gasteiger partial charge in [-0.05, 0) is 142 Å². The van der Waals surface area contributed by atoms with Crippen molar-refractivity contribution in [2.24, 2.45) is 0 Å². The van der Waals surface area contributed by atoms with E-state index in [0.29, 0.717) is 0 Å². The van der Waals surface area contributed by atoms with E-state index in [1.54, 1.807) is 0 Å². The van der Waals surface area contributed by atoms with Gasteiger partial charge in [-0.2, -0.15) is 0 Å². The van der Waals surface area contributed by atoms with Crippen LogP contribution in [0.5, 0.6) is 0 Å². The average molecular weight is 802 g/mol. The van der Waals surface area contributed by atoms with Crippen molar-refractivity contribution in [2.75, 3.05) is 4.90 Å². The zero-order valence-electron chi connectivity index (χ0n) is 35.3. The summed E-state index contributed by atoms with van der Waals surface area (Å²) in [6.07, 6.45) is 0. The van der Waals surface area contributed by atoms with E-state index < -0.39 is 5.41 Å². The second-order valence-corrected chi connectivity index (χ2v) is 18.0. The molecule has 0 saturated carbocycles. The second kappa shape index (κ2) is 13.4. The van der Waals surface area contributed by atoms with Gasteiger partial charge in [-0.3, -0.25) is 0 Å². The molecule has 3 aliphatic carbocycles. The van der Waals surface area contributed by atoms with E-state index in [1.807, 2.05) is 0 Å². The van der Waals surface area contributed by atoms with Gasteiger partial charge >= 0.3 is 0 Å². The van der Waals surface area contributed by atoms with Crippen LogP contribution in [0.1, 0.15) is 47.2 Å². The monoisotopic (exact) mass is 801 g/mol. The molecule has 10 aromatic rings. The fourth-order valence-electron chi connectivity index (χ4n) is 11.8. The highest BCUT2D eigenvalue weighted by Crippen LogP contribution is 2.63. The maximum absolute atomic E-state index is 2.51. The van der Waals surface area contributed by atoms with Gasteiger partial charge in [0, 0.05) is 22.5 Å². The minimum absolute atomic E-state index is 0.255. The number of anilines is 3. The molecule has 1 heteroatoms. The normalized spacial score (nSPS) is 14.1. The third-order valence-electron chi connectivity index (χ3n) is 14.4. The summed E-state index contributed by atoms with van der Waals surface area (Å²) in [4.78, 5) is 2.49. The van der Waals surface area contributed by atoms with E-state index in [0.717, 1.165) is 17.1 Å². The van der Waals surface area contributed by atoms with Crippen LogP contribution in [0, 0.1) is 0 Å². The molecule has 3 aliphatic rings. The molecule has 13 rings (SSSR count). The first kappa shape index (κ1) is 36.0. The van der Waals surface area contributed by atoms with Gasteiger partial charge in [-0.15, -0.1) is 0 Å². The molecule has 0 radical (unpaired) electrons. The summed E-state index contributed by atoms with van der Waals surface area (Å²) in [5.41, 5.74) is 23.7. The molecule has 0 fully saturated rings. The second-order valence-electron chi connectivity index (χ2n) is 18.0. The summed E-state index contributed by atoms with van der Waals surface area (Å²) >= 11 is 0. The van der Waals surface area contributed by atoms with Crippen LogP contribution in [0.25, 0.3) is 66.4 Å². The Balaban J connectivity index is 1.05. The first-order chi connectivity index (χ1) is 31.0. The average Bonchev–Trinajstić information content (AvgIpc) is 3.90. The Kier molecular flexibility index (Phi) is 7.64. The van der Waals surface area contributed by atoms with Crippen LogP contribution in [0.4, 0.5) is 17.1 Å². The lowest BCUT2D eigenvalue weighted by Crippen LogP contribution is -2.26. The molecular formula is C62H43N. The number of nitrogens with zero attached hydrogens (tertiary/aromatic N) is 1. The third-order valence-corrected chi connectivity index (χ3v) is 14.4. The molecule has 0 N–H and O–H groups in total. The molecule has 63 heavy (non-hydrogen) atoms. The van der Waals surface area contributed by atoms with Crippen molar-refractivity contribution in [3.63, 3.8) is 0 Å². The van der Waals surface area contributed by atoms with E-state index in [2.05, 4.69) is 243 Å². The summed E-state index contributed by atoms with van der Waals surface area (Å²) < 4.78 is 0. The lowest BCUT2D eigenvalue weighted by molar-refractivity contribution is 0.666. The Morgan fingerprint density at radius 3 is 1.40 bits per heavy atom. The highest BCUT2D eigenvalue weighted by atomic mass is 15.1. The Morgan fingerprint density at radius 2 is 0.778 bits per heavy atom. The highest BCUT2D eigenvalue weighted by Gasteiger charge is 2.51. The first-order valence-electron chi connectivity index (χ1n) is 22.2. The van der Waals surface area contributed by atoms with Gasteiger partial charge in [0.2, 0.25) is 0 Å². The molecule has 1 spiro atoms. The predicted molar refractivity (Wildman–Crippen MR) is 263 cm³/mol. The third kappa shape index (κ3) is 4.99. The maximum Gasteiger partial charge on any atom is 0.0726 e. The Morgan fingerprint density at radius 1 is 0.317 bits per heavy atom.